The molecule has 0 spiro atoms. The number of carbonyl (C=O) groups excluding carboxylic acids is 2. The van der Waals surface area contributed by atoms with E-state index < -0.39 is 11.9 Å². The van der Waals surface area contributed by atoms with Crippen LogP contribution in [0.5, 0.6) is 0 Å². The molecule has 7 heteroatoms. The average molecular weight is 376 g/mol. The third-order valence-electron chi connectivity index (χ3n) is 4.13. The van der Waals surface area contributed by atoms with Crippen molar-refractivity contribution in [1.82, 2.24) is 9.97 Å². The Morgan fingerprint density at radius 1 is 0.964 bits per heavy atom. The number of aromatic nitrogens is 2. The van der Waals surface area contributed by atoms with Crippen LogP contribution < -0.4 is 10.6 Å². The molecule has 1 aromatic heterocycles. The molecule has 0 saturated carbocycles. The highest BCUT2D eigenvalue weighted by molar-refractivity contribution is 6.07. The summed E-state index contributed by atoms with van der Waals surface area (Å²) in [7, 11) is 1.29. The van der Waals surface area contributed by atoms with Gasteiger partial charge in [-0.1, -0.05) is 24.3 Å². The van der Waals surface area contributed by atoms with Gasteiger partial charge < -0.3 is 15.4 Å². The van der Waals surface area contributed by atoms with Crippen molar-refractivity contribution in [3.63, 3.8) is 0 Å². The van der Waals surface area contributed by atoms with Crippen LogP contribution in [-0.2, 0) is 4.74 Å². The summed E-state index contributed by atoms with van der Waals surface area (Å²) in [6, 6.07) is 12.7. The van der Waals surface area contributed by atoms with E-state index in [9.17, 15) is 9.59 Å². The van der Waals surface area contributed by atoms with Crippen LogP contribution in [0.2, 0.25) is 0 Å². The third-order valence-corrected chi connectivity index (χ3v) is 4.13. The predicted molar refractivity (Wildman–Crippen MR) is 107 cm³/mol. The first-order valence-corrected chi connectivity index (χ1v) is 8.63. The molecule has 1 heterocycles. The molecular formula is C21H20N4O3. The summed E-state index contributed by atoms with van der Waals surface area (Å²) in [6.07, 6.45) is 2.85. The van der Waals surface area contributed by atoms with Gasteiger partial charge in [-0.2, -0.15) is 0 Å². The number of nitrogens with one attached hydrogen (secondary N) is 2. The predicted octanol–water partition coefficient (Wildman–Crippen LogP) is 3.88. The third kappa shape index (κ3) is 4.32. The van der Waals surface area contributed by atoms with Crippen molar-refractivity contribution in [3.05, 3.63) is 77.1 Å². The summed E-state index contributed by atoms with van der Waals surface area (Å²) in [6.45, 7) is 3.99. The fourth-order valence-corrected chi connectivity index (χ4v) is 2.58. The second-order valence-electron chi connectivity index (χ2n) is 6.23. The van der Waals surface area contributed by atoms with E-state index in [1.165, 1.54) is 19.5 Å². The SMILES string of the molecule is COC(=O)c1ccccc1NC(=O)c1cnc(Nc2cc(C)ccc2C)nc1. The number of para-hydroxylation sites is 1. The number of nitrogens with zero attached hydrogens (tertiary/aromatic N) is 2. The molecule has 3 aromatic rings. The Labute approximate surface area is 162 Å². The van der Waals surface area contributed by atoms with Gasteiger partial charge in [-0.3, -0.25) is 4.79 Å². The highest BCUT2D eigenvalue weighted by Crippen LogP contribution is 2.20. The minimum absolute atomic E-state index is 0.270. The second kappa shape index (κ2) is 8.30. The number of benzene rings is 2. The number of rotatable bonds is 5. The Hall–Kier alpha value is -3.74. The van der Waals surface area contributed by atoms with Gasteiger partial charge in [0.15, 0.2) is 0 Å². The molecule has 0 fully saturated rings. The van der Waals surface area contributed by atoms with Gasteiger partial charge in [-0.15, -0.1) is 0 Å². The highest BCUT2D eigenvalue weighted by Gasteiger charge is 2.15. The molecule has 0 radical (unpaired) electrons. The molecule has 142 valence electrons. The second-order valence-corrected chi connectivity index (χ2v) is 6.23. The molecule has 0 aliphatic heterocycles. The molecule has 1 amide bonds. The summed E-state index contributed by atoms with van der Waals surface area (Å²) in [4.78, 5) is 32.7. The van der Waals surface area contributed by atoms with Crippen molar-refractivity contribution >= 4 is 29.2 Å². The molecule has 2 N–H and O–H groups in total. The lowest BCUT2D eigenvalue weighted by Gasteiger charge is -2.11. The molecular weight excluding hydrogens is 356 g/mol. The van der Waals surface area contributed by atoms with E-state index in [0.717, 1.165) is 16.8 Å². The van der Waals surface area contributed by atoms with Gasteiger partial charge in [0.05, 0.1) is 23.9 Å². The van der Waals surface area contributed by atoms with E-state index in [0.29, 0.717) is 11.6 Å². The monoisotopic (exact) mass is 376 g/mol. The maximum absolute atomic E-state index is 12.5. The molecule has 7 nitrogen and oxygen atoms in total. The minimum atomic E-state index is -0.528. The first-order chi connectivity index (χ1) is 13.5. The van der Waals surface area contributed by atoms with Crippen molar-refractivity contribution in [3.8, 4) is 0 Å². The maximum Gasteiger partial charge on any atom is 0.339 e. The zero-order valence-electron chi connectivity index (χ0n) is 15.8. The number of hydrogen-bond acceptors (Lipinski definition) is 6. The molecule has 0 atom stereocenters. The first-order valence-electron chi connectivity index (χ1n) is 8.63. The number of esters is 1. The number of hydrogen-bond donors (Lipinski definition) is 2. The van der Waals surface area contributed by atoms with E-state index in [2.05, 4.69) is 20.6 Å². The fraction of sp³-hybridized carbons (Fsp3) is 0.143. The Bertz CT molecular complexity index is 1020. The van der Waals surface area contributed by atoms with Crippen LogP contribution in [-0.4, -0.2) is 29.0 Å². The van der Waals surface area contributed by atoms with Crippen molar-refractivity contribution < 1.29 is 14.3 Å². The van der Waals surface area contributed by atoms with Gasteiger partial charge in [0.2, 0.25) is 5.95 Å². The number of methoxy groups -OCH3 is 1. The lowest BCUT2D eigenvalue weighted by atomic mass is 10.1. The summed E-state index contributed by atoms with van der Waals surface area (Å²) >= 11 is 0. The van der Waals surface area contributed by atoms with Crippen LogP contribution in [0.1, 0.15) is 31.8 Å². The van der Waals surface area contributed by atoms with Crippen LogP contribution in [0.25, 0.3) is 0 Å². The van der Waals surface area contributed by atoms with Crippen LogP contribution in [0.3, 0.4) is 0 Å². The standard InChI is InChI=1S/C21H20N4O3/c1-13-8-9-14(2)18(10-13)25-21-22-11-15(12-23-21)19(26)24-17-7-5-4-6-16(17)20(27)28-3/h4-12H,1-3H3,(H,24,26)(H,22,23,25). The van der Waals surface area contributed by atoms with Gasteiger partial charge >= 0.3 is 5.97 Å². The van der Waals surface area contributed by atoms with Crippen LogP contribution in [0.15, 0.2) is 54.9 Å². The Balaban J connectivity index is 1.74. The highest BCUT2D eigenvalue weighted by atomic mass is 16.5. The number of amides is 1. The van der Waals surface area contributed by atoms with Crippen molar-refractivity contribution in [2.45, 2.75) is 13.8 Å². The largest absolute Gasteiger partial charge is 0.465 e. The van der Waals surface area contributed by atoms with E-state index in [1.54, 1.807) is 24.3 Å². The summed E-state index contributed by atoms with van der Waals surface area (Å²) in [5, 5.41) is 5.83. The molecule has 0 aliphatic carbocycles. The van der Waals surface area contributed by atoms with Gasteiger partial charge in [0, 0.05) is 18.1 Å². The van der Waals surface area contributed by atoms with E-state index in [-0.39, 0.29) is 11.1 Å². The summed E-state index contributed by atoms with van der Waals surface area (Å²) in [5.41, 5.74) is 3.99. The molecule has 2 aromatic carbocycles. The number of carbonyl (C=O) groups is 2. The van der Waals surface area contributed by atoms with Gasteiger partial charge in [-0.05, 0) is 43.2 Å². The Kier molecular flexibility index (Phi) is 5.64. The number of anilines is 3. The molecule has 0 saturated heterocycles. The van der Waals surface area contributed by atoms with Crippen molar-refractivity contribution in [2.24, 2.45) is 0 Å². The molecule has 3 rings (SSSR count). The van der Waals surface area contributed by atoms with E-state index in [1.807, 2.05) is 32.0 Å². The normalized spacial score (nSPS) is 10.2. The zero-order valence-corrected chi connectivity index (χ0v) is 15.8. The van der Waals surface area contributed by atoms with Crippen LogP contribution in [0, 0.1) is 13.8 Å². The number of ether oxygens (including phenoxy) is 1. The number of aryl methyl sites for hydroxylation is 2. The van der Waals surface area contributed by atoms with Gasteiger partial charge in [0.25, 0.3) is 5.91 Å². The molecule has 28 heavy (non-hydrogen) atoms. The van der Waals surface area contributed by atoms with E-state index in [4.69, 9.17) is 4.74 Å². The lowest BCUT2D eigenvalue weighted by molar-refractivity contribution is 0.0602. The van der Waals surface area contributed by atoms with Gasteiger partial charge in [-0.25, -0.2) is 14.8 Å². The molecule has 0 unspecified atom stereocenters. The summed E-state index contributed by atoms with van der Waals surface area (Å²) < 4.78 is 4.73. The van der Waals surface area contributed by atoms with Gasteiger partial charge in [0.1, 0.15) is 0 Å². The smallest absolute Gasteiger partial charge is 0.339 e. The summed E-state index contributed by atoms with van der Waals surface area (Å²) in [5.74, 6) is -0.560. The maximum atomic E-state index is 12.5. The van der Waals surface area contributed by atoms with E-state index >= 15 is 0 Å². The quantitative estimate of drug-likeness (QED) is 0.657. The van der Waals surface area contributed by atoms with Crippen molar-refractivity contribution in [1.29, 1.82) is 0 Å². The fourth-order valence-electron chi connectivity index (χ4n) is 2.58. The minimum Gasteiger partial charge on any atom is -0.465 e. The molecule has 0 aliphatic rings. The van der Waals surface area contributed by atoms with Crippen LogP contribution >= 0.6 is 0 Å². The lowest BCUT2D eigenvalue weighted by Crippen LogP contribution is -2.16. The first kappa shape index (κ1) is 19.0. The topological polar surface area (TPSA) is 93.2 Å². The van der Waals surface area contributed by atoms with Crippen molar-refractivity contribution in [2.75, 3.05) is 17.7 Å². The average Bonchev–Trinajstić information content (AvgIpc) is 2.71. The zero-order chi connectivity index (χ0) is 20.1. The molecule has 0 bridgehead atoms. The Morgan fingerprint density at radius 2 is 1.68 bits per heavy atom. The van der Waals surface area contributed by atoms with Crippen LogP contribution in [0.4, 0.5) is 17.3 Å². The Morgan fingerprint density at radius 3 is 2.39 bits per heavy atom.